The van der Waals surface area contributed by atoms with Crippen LogP contribution in [0.15, 0.2) is 54.6 Å². The van der Waals surface area contributed by atoms with Crippen molar-refractivity contribution in [1.29, 1.82) is 0 Å². The molecule has 0 fully saturated rings. The highest BCUT2D eigenvalue weighted by atomic mass is 32.1. The number of rotatable bonds is 8. The van der Waals surface area contributed by atoms with E-state index in [2.05, 4.69) is 23.1 Å². The molecular weight excluding hydrogens is 370 g/mol. The molecule has 0 aliphatic carbocycles. The van der Waals surface area contributed by atoms with Crippen LogP contribution in [-0.2, 0) is 4.79 Å². The van der Waals surface area contributed by atoms with E-state index in [-0.39, 0.29) is 16.9 Å². The standard InChI is InChI=1S/C22H27N3O2S/c1-2-3-4-5-9-12-20(26)23-22(28)25-24-21(27)19-15-13-18(14-16-19)17-10-7-6-8-11-17/h6-8,10-11,13-16H,2-5,9,12H2,1H3,(H,24,27)(H2,23,25,26,28). The lowest BCUT2D eigenvalue weighted by Crippen LogP contribution is -2.48. The number of carbonyl (C=O) groups excluding carboxylic acids is 2. The molecule has 2 amide bonds. The maximum atomic E-state index is 12.2. The van der Waals surface area contributed by atoms with Crippen LogP contribution in [0.1, 0.15) is 55.8 Å². The number of carbonyl (C=O) groups is 2. The van der Waals surface area contributed by atoms with E-state index in [4.69, 9.17) is 12.2 Å². The van der Waals surface area contributed by atoms with Crippen molar-refractivity contribution < 1.29 is 9.59 Å². The lowest BCUT2D eigenvalue weighted by Gasteiger charge is -2.11. The van der Waals surface area contributed by atoms with Crippen molar-refractivity contribution in [3.8, 4) is 11.1 Å². The Labute approximate surface area is 171 Å². The lowest BCUT2D eigenvalue weighted by molar-refractivity contribution is -0.119. The third-order valence-corrected chi connectivity index (χ3v) is 4.51. The van der Waals surface area contributed by atoms with Crippen LogP contribution in [0.4, 0.5) is 0 Å². The second kappa shape index (κ2) is 11.9. The van der Waals surface area contributed by atoms with E-state index < -0.39 is 0 Å². The summed E-state index contributed by atoms with van der Waals surface area (Å²) in [5, 5.41) is 2.67. The van der Waals surface area contributed by atoms with Gasteiger partial charge in [-0.3, -0.25) is 20.4 Å². The van der Waals surface area contributed by atoms with Gasteiger partial charge in [-0.25, -0.2) is 0 Å². The maximum Gasteiger partial charge on any atom is 0.269 e. The molecule has 28 heavy (non-hydrogen) atoms. The number of unbranched alkanes of at least 4 members (excludes halogenated alkanes) is 4. The number of hydrogen-bond acceptors (Lipinski definition) is 3. The topological polar surface area (TPSA) is 70.2 Å². The summed E-state index contributed by atoms with van der Waals surface area (Å²) in [6.45, 7) is 2.16. The number of amides is 2. The summed E-state index contributed by atoms with van der Waals surface area (Å²) in [7, 11) is 0. The molecule has 0 radical (unpaired) electrons. The lowest BCUT2D eigenvalue weighted by atomic mass is 10.0. The van der Waals surface area contributed by atoms with Gasteiger partial charge in [-0.2, -0.15) is 0 Å². The van der Waals surface area contributed by atoms with Crippen LogP contribution in [0.2, 0.25) is 0 Å². The number of nitrogens with one attached hydrogen (secondary N) is 3. The van der Waals surface area contributed by atoms with Crippen LogP contribution in [0, 0.1) is 0 Å². The third kappa shape index (κ3) is 7.48. The molecule has 2 aromatic carbocycles. The molecule has 2 aromatic rings. The van der Waals surface area contributed by atoms with Crippen molar-refractivity contribution >= 4 is 29.1 Å². The number of thiocarbonyl (C=S) groups is 1. The molecule has 0 saturated heterocycles. The molecule has 0 aliphatic rings. The predicted octanol–water partition coefficient (Wildman–Crippen LogP) is 4.35. The van der Waals surface area contributed by atoms with Crippen molar-refractivity contribution in [1.82, 2.24) is 16.2 Å². The van der Waals surface area contributed by atoms with Crippen LogP contribution in [0.5, 0.6) is 0 Å². The molecule has 0 aromatic heterocycles. The summed E-state index contributed by atoms with van der Waals surface area (Å²) >= 11 is 5.05. The van der Waals surface area contributed by atoms with Gasteiger partial charge in [0.25, 0.3) is 5.91 Å². The van der Waals surface area contributed by atoms with Gasteiger partial charge >= 0.3 is 0 Å². The minimum Gasteiger partial charge on any atom is -0.302 e. The minimum absolute atomic E-state index is 0.0906. The zero-order chi connectivity index (χ0) is 20.2. The predicted molar refractivity (Wildman–Crippen MR) is 117 cm³/mol. The maximum absolute atomic E-state index is 12.2. The van der Waals surface area contributed by atoms with Gasteiger partial charge in [0, 0.05) is 12.0 Å². The third-order valence-electron chi connectivity index (χ3n) is 4.30. The number of hydrazine groups is 1. The molecule has 0 atom stereocenters. The highest BCUT2D eigenvalue weighted by Gasteiger charge is 2.08. The van der Waals surface area contributed by atoms with Crippen LogP contribution in [-0.4, -0.2) is 16.9 Å². The second-order valence-corrected chi connectivity index (χ2v) is 6.97. The molecule has 0 aliphatic heterocycles. The van der Waals surface area contributed by atoms with E-state index in [1.165, 1.54) is 12.8 Å². The number of hydrogen-bond donors (Lipinski definition) is 3. The summed E-state index contributed by atoms with van der Waals surface area (Å²) in [5.74, 6) is -0.466. The highest BCUT2D eigenvalue weighted by Crippen LogP contribution is 2.19. The molecule has 6 heteroatoms. The average Bonchev–Trinajstić information content (AvgIpc) is 2.72. The Morgan fingerprint density at radius 2 is 1.46 bits per heavy atom. The number of benzene rings is 2. The van der Waals surface area contributed by atoms with E-state index in [9.17, 15) is 9.59 Å². The summed E-state index contributed by atoms with van der Waals surface area (Å²) in [5.41, 5.74) is 7.69. The van der Waals surface area contributed by atoms with Crippen molar-refractivity contribution in [3.63, 3.8) is 0 Å². The zero-order valence-electron chi connectivity index (χ0n) is 16.2. The Morgan fingerprint density at radius 1 is 0.821 bits per heavy atom. The first-order valence-electron chi connectivity index (χ1n) is 9.66. The Balaban J connectivity index is 1.72. The smallest absolute Gasteiger partial charge is 0.269 e. The van der Waals surface area contributed by atoms with Gasteiger partial charge in [0.1, 0.15) is 0 Å². The Kier molecular flexibility index (Phi) is 9.15. The fraction of sp³-hybridized carbons (Fsp3) is 0.318. The first-order chi connectivity index (χ1) is 13.6. The normalized spacial score (nSPS) is 10.2. The zero-order valence-corrected chi connectivity index (χ0v) is 17.0. The van der Waals surface area contributed by atoms with Crippen LogP contribution >= 0.6 is 12.2 Å². The molecule has 0 heterocycles. The molecule has 0 bridgehead atoms. The fourth-order valence-electron chi connectivity index (χ4n) is 2.74. The summed E-state index contributed by atoms with van der Waals surface area (Å²) in [4.78, 5) is 24.0. The van der Waals surface area contributed by atoms with E-state index >= 15 is 0 Å². The largest absolute Gasteiger partial charge is 0.302 e. The fourth-order valence-corrected chi connectivity index (χ4v) is 2.90. The summed E-state index contributed by atoms with van der Waals surface area (Å²) in [6, 6.07) is 17.2. The van der Waals surface area contributed by atoms with Crippen molar-refractivity contribution in [2.24, 2.45) is 0 Å². The average molecular weight is 398 g/mol. The first kappa shape index (κ1) is 21.6. The monoisotopic (exact) mass is 397 g/mol. The van der Waals surface area contributed by atoms with Gasteiger partial charge in [0.05, 0.1) is 0 Å². The summed E-state index contributed by atoms with van der Waals surface area (Å²) < 4.78 is 0. The van der Waals surface area contributed by atoms with E-state index in [1.54, 1.807) is 12.1 Å². The molecule has 0 saturated carbocycles. The van der Waals surface area contributed by atoms with Crippen LogP contribution < -0.4 is 16.2 Å². The Morgan fingerprint density at radius 3 is 2.14 bits per heavy atom. The molecule has 2 rings (SSSR count). The van der Waals surface area contributed by atoms with Gasteiger partial charge in [-0.1, -0.05) is 75.1 Å². The molecule has 0 spiro atoms. The van der Waals surface area contributed by atoms with Crippen molar-refractivity contribution in [3.05, 3.63) is 60.2 Å². The molecule has 148 valence electrons. The van der Waals surface area contributed by atoms with Crippen molar-refractivity contribution in [2.45, 2.75) is 45.4 Å². The van der Waals surface area contributed by atoms with Crippen LogP contribution in [0.25, 0.3) is 11.1 Å². The van der Waals surface area contributed by atoms with Gasteiger partial charge < -0.3 is 5.32 Å². The highest BCUT2D eigenvalue weighted by molar-refractivity contribution is 7.80. The van der Waals surface area contributed by atoms with E-state index in [0.29, 0.717) is 12.0 Å². The van der Waals surface area contributed by atoms with Gasteiger partial charge in [0.2, 0.25) is 5.91 Å². The quantitative estimate of drug-likeness (QED) is 0.352. The van der Waals surface area contributed by atoms with Crippen molar-refractivity contribution in [2.75, 3.05) is 0 Å². The first-order valence-corrected chi connectivity index (χ1v) is 10.1. The van der Waals surface area contributed by atoms with Gasteiger partial charge in [-0.05, 0) is 41.9 Å². The molecule has 3 N–H and O–H groups in total. The molecule has 0 unspecified atom stereocenters. The van der Waals surface area contributed by atoms with Crippen LogP contribution in [0.3, 0.4) is 0 Å². The SMILES string of the molecule is CCCCCCCC(=O)NC(=S)NNC(=O)c1ccc(-c2ccccc2)cc1. The van der Waals surface area contributed by atoms with E-state index in [1.807, 2.05) is 42.5 Å². The molecule has 5 nitrogen and oxygen atoms in total. The Bertz CT molecular complexity index is 776. The van der Waals surface area contributed by atoms with Gasteiger partial charge in [0.15, 0.2) is 5.11 Å². The minimum atomic E-state index is -0.323. The second-order valence-electron chi connectivity index (χ2n) is 6.56. The molecular formula is C22H27N3O2S. The van der Waals surface area contributed by atoms with Gasteiger partial charge in [-0.15, -0.1) is 0 Å². The summed E-state index contributed by atoms with van der Waals surface area (Å²) in [6.07, 6.45) is 5.83. The van der Waals surface area contributed by atoms with E-state index in [0.717, 1.165) is 30.4 Å². The Hall–Kier alpha value is -2.73.